The van der Waals surface area contributed by atoms with E-state index >= 15 is 0 Å². The van der Waals surface area contributed by atoms with Crippen LogP contribution in [-0.4, -0.2) is 71.0 Å². The number of nitrogens with one attached hydrogen (secondary N) is 1. The second kappa shape index (κ2) is 13.9. The first-order valence-corrected chi connectivity index (χ1v) is 19.0. The van der Waals surface area contributed by atoms with Crippen molar-refractivity contribution in [3.8, 4) is 33.9 Å². The number of hydrogen-bond acceptors (Lipinski definition) is 9. The Morgan fingerprint density at radius 2 is 1.36 bits per heavy atom. The number of hydrogen-bond donors (Lipinski definition) is 4. The Bertz CT molecular complexity index is 2170. The van der Waals surface area contributed by atoms with Crippen LogP contribution in [0, 0.1) is 11.6 Å². The molecule has 1 aliphatic rings. The Morgan fingerprint density at radius 1 is 0.809 bits per heavy atom. The third-order valence-corrected chi connectivity index (χ3v) is 9.06. The molecule has 0 radical (unpaired) electrons. The molecule has 0 aliphatic heterocycles. The maximum Gasteiger partial charge on any atom is 0.261 e. The van der Waals surface area contributed by atoms with Crippen molar-refractivity contribution >= 4 is 47.2 Å². The number of imidazole rings is 2. The minimum absolute atomic E-state index is 0.0242. The molecule has 0 amide bonds. The van der Waals surface area contributed by atoms with E-state index in [2.05, 4.69) is 15.0 Å². The Balaban J connectivity index is 0.000000439. The van der Waals surface area contributed by atoms with Crippen LogP contribution < -0.4 is 5.73 Å². The molecule has 0 spiro atoms. The van der Waals surface area contributed by atoms with Gasteiger partial charge >= 0.3 is 0 Å². The highest BCUT2D eigenvalue weighted by Gasteiger charge is 2.33. The number of anilines is 1. The van der Waals surface area contributed by atoms with Crippen LogP contribution in [0.25, 0.3) is 44.9 Å². The van der Waals surface area contributed by atoms with Crippen molar-refractivity contribution in [1.29, 1.82) is 0 Å². The van der Waals surface area contributed by atoms with Crippen LogP contribution >= 0.6 is 0 Å². The zero-order chi connectivity index (χ0) is 34.7. The van der Waals surface area contributed by atoms with Crippen LogP contribution in [0.3, 0.4) is 0 Å². The molecular weight excluding hydrogens is 681 g/mol. The number of nitrogens with zero attached hydrogens (tertiary/aromatic N) is 3. The summed E-state index contributed by atoms with van der Waals surface area (Å²) in [6, 6.07) is 18.0. The number of H-pyrrole nitrogens is 1. The third kappa shape index (κ3) is 8.98. The van der Waals surface area contributed by atoms with Gasteiger partial charge in [-0.1, -0.05) is 55.3 Å². The first-order valence-electron chi connectivity index (χ1n) is 13.8. The quantitative estimate of drug-likeness (QED) is 0.183. The fraction of sp³-hybridized carbons (Fsp3) is 0.241. The molecule has 3 aromatic carbocycles. The molecule has 1 fully saturated rings. The summed E-state index contributed by atoms with van der Waals surface area (Å²) in [6.45, 7) is 0. The van der Waals surface area contributed by atoms with Gasteiger partial charge < -0.3 is 10.7 Å². The predicted molar refractivity (Wildman–Crippen MR) is 174 cm³/mol. The molecule has 2 aromatic heterocycles. The van der Waals surface area contributed by atoms with Gasteiger partial charge in [0.05, 0.1) is 45.7 Å². The minimum Gasteiger partial charge on any atom is -0.368 e. The third-order valence-electron chi connectivity index (χ3n) is 6.85. The molecule has 0 atom stereocenters. The van der Waals surface area contributed by atoms with E-state index in [1.807, 2.05) is 30.3 Å². The van der Waals surface area contributed by atoms with Crippen LogP contribution in [0.4, 0.5) is 14.7 Å². The van der Waals surface area contributed by atoms with Crippen LogP contribution in [0.2, 0.25) is 0 Å². The Kier molecular flexibility index (Phi) is 10.5. The molecule has 5 N–H and O–H groups in total. The summed E-state index contributed by atoms with van der Waals surface area (Å²) in [5.74, 6) is -1.57. The van der Waals surface area contributed by atoms with Crippen molar-refractivity contribution in [2.24, 2.45) is 0 Å². The Morgan fingerprint density at radius 3 is 1.91 bits per heavy atom. The number of halogens is 2. The fourth-order valence-corrected chi connectivity index (χ4v) is 7.01. The summed E-state index contributed by atoms with van der Waals surface area (Å²) in [6.07, 6.45) is 4.29. The first kappa shape index (κ1) is 35.6. The van der Waals surface area contributed by atoms with Crippen molar-refractivity contribution in [3.63, 3.8) is 0 Å². The summed E-state index contributed by atoms with van der Waals surface area (Å²) in [7, 11) is -11.1. The van der Waals surface area contributed by atoms with E-state index in [0.717, 1.165) is 22.4 Å². The molecule has 5 aromatic rings. The van der Waals surface area contributed by atoms with Crippen LogP contribution in [0.5, 0.6) is 0 Å². The zero-order valence-corrected chi connectivity index (χ0v) is 27.4. The molecule has 47 heavy (non-hydrogen) atoms. The molecule has 0 saturated heterocycles. The SMILES string of the molecule is CS(=O)(=O)O.CS(=O)(=O)O.Nc1nc2ccc(-c3nc(-c4c(F)cccc4F)[nH]c3-c3ccccc3)cc2n1S(=O)(=O)C1CCCC1. The van der Waals surface area contributed by atoms with Crippen LogP contribution in [-0.2, 0) is 30.3 Å². The predicted octanol–water partition coefficient (Wildman–Crippen LogP) is 4.75. The van der Waals surface area contributed by atoms with Crippen LogP contribution in [0.1, 0.15) is 25.7 Å². The normalized spacial score (nSPS) is 13.9. The summed E-state index contributed by atoms with van der Waals surface area (Å²) in [5.41, 5.74) is 8.84. The standard InChI is InChI=1S/C27H23F2N5O2S.2CH4O3S/c28-19-11-6-12-20(29)23(19)26-32-24(16-7-2-1-3-8-16)25(33-26)17-13-14-21-22(15-17)34(27(30)31-21)37(35,36)18-9-4-5-10-18;2*1-5(2,3)4/h1-3,6-8,11-15,18H,4-5,9-10H2,(H2,30,31)(H,32,33);2*1H3,(H,2,3,4). The number of aromatic nitrogens is 4. The van der Waals surface area contributed by atoms with Gasteiger partial charge in [-0.25, -0.2) is 31.1 Å². The van der Waals surface area contributed by atoms with Crippen molar-refractivity contribution in [2.45, 2.75) is 30.9 Å². The lowest BCUT2D eigenvalue weighted by Gasteiger charge is -2.14. The summed E-state index contributed by atoms with van der Waals surface area (Å²) < 4.78 is 109. The van der Waals surface area contributed by atoms with E-state index in [-0.39, 0.29) is 17.3 Å². The summed E-state index contributed by atoms with van der Waals surface area (Å²) in [4.78, 5) is 11.9. The minimum atomic E-state index is -3.76. The molecule has 0 unspecified atom stereocenters. The molecule has 0 bridgehead atoms. The number of rotatable bonds is 5. The first-order chi connectivity index (χ1) is 21.8. The summed E-state index contributed by atoms with van der Waals surface area (Å²) in [5, 5.41) is -0.517. The van der Waals surface area contributed by atoms with Gasteiger partial charge in [0.15, 0.2) is 0 Å². The largest absolute Gasteiger partial charge is 0.368 e. The van der Waals surface area contributed by atoms with Gasteiger partial charge in [-0.05, 0) is 37.1 Å². The van der Waals surface area contributed by atoms with Gasteiger partial charge in [0, 0.05) is 11.1 Å². The molecule has 1 saturated carbocycles. The van der Waals surface area contributed by atoms with E-state index < -0.39 is 47.1 Å². The maximum absolute atomic E-state index is 14.6. The number of aromatic amines is 1. The molecule has 1 aliphatic carbocycles. The van der Waals surface area contributed by atoms with Crippen molar-refractivity contribution in [1.82, 2.24) is 18.9 Å². The molecular formula is C29H31F2N5O8S3. The Labute approximate surface area is 270 Å². The lowest BCUT2D eigenvalue weighted by molar-refractivity contribution is 0.488. The van der Waals surface area contributed by atoms with Gasteiger partial charge in [0.2, 0.25) is 16.0 Å². The van der Waals surface area contributed by atoms with E-state index in [9.17, 15) is 34.0 Å². The molecule has 6 rings (SSSR count). The number of nitrogen functional groups attached to an aromatic ring is 1. The van der Waals surface area contributed by atoms with Gasteiger partial charge in [-0.2, -0.15) is 16.8 Å². The zero-order valence-electron chi connectivity index (χ0n) is 25.0. The number of benzene rings is 3. The highest BCUT2D eigenvalue weighted by Crippen LogP contribution is 2.37. The van der Waals surface area contributed by atoms with E-state index in [0.29, 0.717) is 53.3 Å². The summed E-state index contributed by atoms with van der Waals surface area (Å²) >= 11 is 0. The average molecular weight is 712 g/mol. The van der Waals surface area contributed by atoms with Crippen molar-refractivity contribution in [2.75, 3.05) is 18.2 Å². The smallest absolute Gasteiger partial charge is 0.261 e. The van der Waals surface area contributed by atoms with Gasteiger partial charge in [0.1, 0.15) is 17.5 Å². The van der Waals surface area contributed by atoms with Crippen molar-refractivity contribution < 1.29 is 43.1 Å². The highest BCUT2D eigenvalue weighted by molar-refractivity contribution is 7.90. The van der Waals surface area contributed by atoms with Gasteiger partial charge in [0.25, 0.3) is 20.2 Å². The molecule has 18 heteroatoms. The molecule has 2 heterocycles. The van der Waals surface area contributed by atoms with Crippen molar-refractivity contribution in [3.05, 3.63) is 78.4 Å². The topological polar surface area (TPSA) is 215 Å². The Hall–Kier alpha value is -4.23. The lowest BCUT2D eigenvalue weighted by Crippen LogP contribution is -2.26. The lowest BCUT2D eigenvalue weighted by atomic mass is 10.0. The molecule has 13 nitrogen and oxygen atoms in total. The highest BCUT2D eigenvalue weighted by atomic mass is 32.2. The van der Waals surface area contributed by atoms with E-state index in [1.54, 1.807) is 18.2 Å². The number of fused-ring (bicyclic) bond motifs is 1. The molecule has 252 valence electrons. The monoisotopic (exact) mass is 711 g/mol. The average Bonchev–Trinajstić information content (AvgIpc) is 3.70. The van der Waals surface area contributed by atoms with Gasteiger partial charge in [-0.3, -0.25) is 9.11 Å². The fourth-order valence-electron chi connectivity index (χ4n) is 5.06. The maximum atomic E-state index is 14.6. The van der Waals surface area contributed by atoms with Gasteiger partial charge in [-0.15, -0.1) is 0 Å². The second-order valence-corrected chi connectivity index (χ2v) is 15.6. The second-order valence-electron chi connectivity index (χ2n) is 10.6. The van der Waals surface area contributed by atoms with Crippen LogP contribution in [0.15, 0.2) is 66.7 Å². The van der Waals surface area contributed by atoms with E-state index in [4.69, 9.17) is 14.8 Å². The number of nitrogens with two attached hydrogens (primary N) is 1. The van der Waals surface area contributed by atoms with E-state index in [1.165, 1.54) is 18.2 Å².